The molecule has 53 heavy (non-hydrogen) atoms. The highest BCUT2D eigenvalue weighted by molar-refractivity contribution is 6.19. The fraction of sp³-hybridized carbons (Fsp3) is 0.125. The van der Waals surface area contributed by atoms with Gasteiger partial charge < -0.3 is 23.9 Å². The summed E-state index contributed by atoms with van der Waals surface area (Å²) in [5.74, 6) is 1.64. The van der Waals surface area contributed by atoms with Gasteiger partial charge in [-0.1, -0.05) is 109 Å². The second kappa shape index (κ2) is 12.5. The van der Waals surface area contributed by atoms with E-state index in [1.807, 2.05) is 12.1 Å². The van der Waals surface area contributed by atoms with Crippen LogP contribution in [0.1, 0.15) is 22.3 Å². The molecule has 0 bridgehead atoms. The molecule has 1 unspecified atom stereocenters. The Kier molecular flexibility index (Phi) is 7.46. The first kappa shape index (κ1) is 31.6. The number of para-hydroxylation sites is 2. The first-order chi connectivity index (χ1) is 26.2. The largest absolute Gasteiger partial charge is 0.491 e. The lowest BCUT2D eigenvalue weighted by Crippen LogP contribution is -2.34. The topological polar surface area (TPSA) is 52.9 Å². The van der Waals surface area contributed by atoms with Gasteiger partial charge >= 0.3 is 0 Å². The number of aliphatic hydroxyl groups is 1. The molecule has 1 aliphatic carbocycles. The van der Waals surface area contributed by atoms with Crippen LogP contribution in [0.4, 0.5) is 0 Å². The molecule has 0 fully saturated rings. The van der Waals surface area contributed by atoms with Gasteiger partial charge in [0.05, 0.1) is 30.9 Å². The van der Waals surface area contributed by atoms with E-state index in [0.29, 0.717) is 19.8 Å². The predicted octanol–water partition coefficient (Wildman–Crippen LogP) is 10.6. The van der Waals surface area contributed by atoms with E-state index in [-0.39, 0.29) is 6.61 Å². The molecule has 5 heteroatoms. The molecule has 1 N–H and O–H groups in total. The fourth-order valence-corrected chi connectivity index (χ4v) is 8.57. The quantitative estimate of drug-likeness (QED) is 0.153. The molecule has 0 radical (unpaired) electrons. The third kappa shape index (κ3) is 4.85. The normalized spacial score (nSPS) is 15.5. The van der Waals surface area contributed by atoms with E-state index in [1.165, 1.54) is 55.0 Å². The smallest absolute Gasteiger partial charge is 0.178 e. The zero-order valence-corrected chi connectivity index (χ0v) is 29.4. The molecule has 1 atom stereocenters. The second-order valence-electron chi connectivity index (χ2n) is 13.8. The molecule has 0 spiro atoms. The van der Waals surface area contributed by atoms with E-state index >= 15 is 0 Å². The van der Waals surface area contributed by atoms with Crippen molar-refractivity contribution in [3.05, 3.63) is 168 Å². The molecule has 2 heterocycles. The van der Waals surface area contributed by atoms with Crippen LogP contribution >= 0.6 is 0 Å². The minimum Gasteiger partial charge on any atom is -0.491 e. The summed E-state index contributed by atoms with van der Waals surface area (Å²) in [5.41, 5.74) is 12.0. The van der Waals surface area contributed by atoms with Crippen LogP contribution in [0.15, 0.2) is 146 Å². The van der Waals surface area contributed by atoms with E-state index in [0.717, 1.165) is 39.3 Å². The maximum absolute atomic E-state index is 9.02. The minimum atomic E-state index is -0.910. The summed E-state index contributed by atoms with van der Waals surface area (Å²) >= 11 is 0. The van der Waals surface area contributed by atoms with Gasteiger partial charge in [0.2, 0.25) is 0 Å². The summed E-state index contributed by atoms with van der Waals surface area (Å²) in [6.07, 6.45) is 4.49. The lowest BCUT2D eigenvalue weighted by atomic mass is 9.82. The second-order valence-corrected chi connectivity index (χ2v) is 13.8. The number of ether oxygens (including phenoxy) is 3. The maximum atomic E-state index is 9.02. The molecule has 7 aromatic carbocycles. The fourth-order valence-electron chi connectivity index (χ4n) is 8.57. The van der Waals surface area contributed by atoms with E-state index in [2.05, 4.69) is 151 Å². The highest BCUT2D eigenvalue weighted by Gasteiger charge is 2.40. The van der Waals surface area contributed by atoms with Crippen molar-refractivity contribution >= 4 is 38.7 Å². The molecule has 258 valence electrons. The maximum Gasteiger partial charge on any atom is 0.178 e. The number of aliphatic hydroxyl groups excluding tert-OH is 1. The first-order valence-corrected chi connectivity index (χ1v) is 18.2. The van der Waals surface area contributed by atoms with Crippen molar-refractivity contribution in [3.8, 4) is 39.4 Å². The molecule has 2 aliphatic rings. The van der Waals surface area contributed by atoms with Crippen LogP contribution in [0.2, 0.25) is 0 Å². The lowest BCUT2D eigenvalue weighted by Gasteiger charge is -2.37. The van der Waals surface area contributed by atoms with Gasteiger partial charge in [0.15, 0.2) is 5.60 Å². The Morgan fingerprint density at radius 1 is 0.623 bits per heavy atom. The highest BCUT2D eigenvalue weighted by Crippen LogP contribution is 2.55. The summed E-state index contributed by atoms with van der Waals surface area (Å²) in [4.78, 5) is 0. The lowest BCUT2D eigenvalue weighted by molar-refractivity contribution is 0.0705. The Balaban J connectivity index is 1.11. The van der Waals surface area contributed by atoms with Crippen LogP contribution in [0, 0.1) is 6.92 Å². The number of hydrogen-bond acceptors (Lipinski definition) is 4. The van der Waals surface area contributed by atoms with Crippen molar-refractivity contribution in [2.45, 2.75) is 12.5 Å². The van der Waals surface area contributed by atoms with Crippen LogP contribution in [0.3, 0.4) is 0 Å². The Morgan fingerprint density at radius 3 is 1.96 bits per heavy atom. The third-order valence-corrected chi connectivity index (χ3v) is 11.0. The minimum absolute atomic E-state index is 0.00259. The first-order valence-electron chi connectivity index (χ1n) is 18.2. The van der Waals surface area contributed by atoms with Gasteiger partial charge in [-0.05, 0) is 77.2 Å². The van der Waals surface area contributed by atoms with E-state index in [1.54, 1.807) is 0 Å². The summed E-state index contributed by atoms with van der Waals surface area (Å²) in [6.45, 7) is 3.33. The van der Waals surface area contributed by atoms with Crippen molar-refractivity contribution in [2.24, 2.45) is 0 Å². The summed E-state index contributed by atoms with van der Waals surface area (Å²) in [5, 5.41) is 13.9. The van der Waals surface area contributed by atoms with E-state index in [9.17, 15) is 0 Å². The van der Waals surface area contributed by atoms with Crippen LogP contribution in [0.25, 0.3) is 66.6 Å². The molecule has 10 rings (SSSR count). The molecular formula is C48H37NO4. The number of aromatic nitrogens is 1. The third-order valence-electron chi connectivity index (χ3n) is 11.0. The summed E-state index contributed by atoms with van der Waals surface area (Å²) < 4.78 is 21.2. The number of rotatable bonds is 9. The molecular weight excluding hydrogens is 655 g/mol. The number of hydrogen-bond donors (Lipinski definition) is 1. The molecule has 0 saturated carbocycles. The number of nitrogens with zero attached hydrogens (tertiary/aromatic N) is 1. The Hall–Kier alpha value is -6.14. The van der Waals surface area contributed by atoms with Crippen LogP contribution < -0.4 is 9.47 Å². The van der Waals surface area contributed by atoms with Gasteiger partial charge in [0.25, 0.3) is 0 Å². The molecule has 0 amide bonds. The van der Waals surface area contributed by atoms with Gasteiger partial charge in [-0.25, -0.2) is 0 Å². The predicted molar refractivity (Wildman–Crippen MR) is 214 cm³/mol. The van der Waals surface area contributed by atoms with Crippen LogP contribution in [0.5, 0.6) is 11.5 Å². The zero-order chi connectivity index (χ0) is 35.5. The van der Waals surface area contributed by atoms with Crippen molar-refractivity contribution in [3.63, 3.8) is 0 Å². The standard InChI is InChI=1S/C48H37NO4/c1-31-36-25-26-48(33-19-23-35(24-20-33)52-30-29-51-28-27-50,53-47(36)42-14-8-13-41-37-9-2-3-12-40(37)45(31)46(41)42)32-17-21-34(22-18-32)49-43-15-6-4-10-38(43)39-11-5-7-16-44(39)49/h2-26,50H,27-30H2,1H3. The SMILES string of the molecule is Cc1c2c(c3cccc4c3c1-c1ccccc1-4)OC(c1ccc(OCCOCCO)cc1)(c1ccc(-n3c4ccccc4c4ccccc43)cc1)C=C2. The molecule has 0 saturated heterocycles. The van der Waals surface area contributed by atoms with Crippen LogP contribution in [-0.2, 0) is 10.3 Å². The monoisotopic (exact) mass is 691 g/mol. The van der Waals surface area contributed by atoms with Crippen molar-refractivity contribution in [2.75, 3.05) is 26.4 Å². The Labute approximate surface area is 307 Å². The van der Waals surface area contributed by atoms with Gasteiger partial charge in [-0.15, -0.1) is 0 Å². The highest BCUT2D eigenvalue weighted by atomic mass is 16.5. The van der Waals surface area contributed by atoms with Crippen molar-refractivity contribution < 1.29 is 19.3 Å². The van der Waals surface area contributed by atoms with E-state index in [4.69, 9.17) is 19.3 Å². The van der Waals surface area contributed by atoms with Crippen LogP contribution in [-0.4, -0.2) is 36.1 Å². The Bertz CT molecular complexity index is 2670. The molecule has 1 aromatic heterocycles. The zero-order valence-electron chi connectivity index (χ0n) is 29.4. The average molecular weight is 692 g/mol. The number of benzene rings is 7. The number of fused-ring (bicyclic) bond motifs is 8. The Morgan fingerprint density at radius 2 is 1.25 bits per heavy atom. The molecule has 8 aromatic rings. The van der Waals surface area contributed by atoms with E-state index < -0.39 is 5.60 Å². The molecule has 1 aliphatic heterocycles. The van der Waals surface area contributed by atoms with Crippen molar-refractivity contribution in [1.82, 2.24) is 4.57 Å². The van der Waals surface area contributed by atoms with Gasteiger partial charge in [-0.3, -0.25) is 0 Å². The summed E-state index contributed by atoms with van der Waals surface area (Å²) in [7, 11) is 0. The van der Waals surface area contributed by atoms with Gasteiger partial charge in [-0.2, -0.15) is 0 Å². The van der Waals surface area contributed by atoms with Gasteiger partial charge in [0.1, 0.15) is 18.1 Å². The van der Waals surface area contributed by atoms with Crippen molar-refractivity contribution in [1.29, 1.82) is 0 Å². The average Bonchev–Trinajstić information content (AvgIpc) is 3.74. The molecule has 5 nitrogen and oxygen atoms in total. The summed E-state index contributed by atoms with van der Waals surface area (Å²) in [6, 6.07) is 49.5. The van der Waals surface area contributed by atoms with Gasteiger partial charge in [0, 0.05) is 43.9 Å².